The highest BCUT2D eigenvalue weighted by Gasteiger charge is 2.32. The molecule has 0 aromatic heterocycles. The van der Waals surface area contributed by atoms with Gasteiger partial charge >= 0.3 is 0 Å². The molecule has 98 valence electrons. The number of anilines is 1. The first-order valence-electron chi connectivity index (χ1n) is 5.66. The van der Waals surface area contributed by atoms with Gasteiger partial charge in [0.15, 0.2) is 11.6 Å². The second kappa shape index (κ2) is 4.89. The van der Waals surface area contributed by atoms with Crippen LogP contribution < -0.4 is 10.6 Å². The molecule has 1 aliphatic rings. The van der Waals surface area contributed by atoms with Crippen molar-refractivity contribution in [1.82, 2.24) is 0 Å². The van der Waals surface area contributed by atoms with Gasteiger partial charge < -0.3 is 15.7 Å². The van der Waals surface area contributed by atoms with E-state index < -0.39 is 29.6 Å². The van der Waals surface area contributed by atoms with Crippen LogP contribution >= 0.6 is 0 Å². The maximum Gasteiger partial charge on any atom is 0.224 e. The maximum absolute atomic E-state index is 13.1. The molecular formula is C12H14F2N2O2. The first-order chi connectivity index (χ1) is 8.49. The zero-order chi connectivity index (χ0) is 13.3. The molecule has 0 radical (unpaired) electrons. The fourth-order valence-electron chi connectivity index (χ4n) is 2.14. The Bertz CT molecular complexity index is 467. The molecule has 1 aromatic rings. The Morgan fingerprint density at radius 3 is 2.72 bits per heavy atom. The van der Waals surface area contributed by atoms with Crippen molar-refractivity contribution >= 4 is 11.6 Å². The van der Waals surface area contributed by atoms with Crippen molar-refractivity contribution in [2.75, 3.05) is 18.0 Å². The smallest absolute Gasteiger partial charge is 0.224 e. The number of rotatable bonds is 2. The summed E-state index contributed by atoms with van der Waals surface area (Å²) < 4.78 is 25.9. The van der Waals surface area contributed by atoms with Crippen LogP contribution in [0.5, 0.6) is 0 Å². The third kappa shape index (κ3) is 2.43. The number of primary amides is 1. The van der Waals surface area contributed by atoms with E-state index in [-0.39, 0.29) is 6.54 Å². The Labute approximate surface area is 103 Å². The number of aliphatic hydroxyl groups excluding tert-OH is 1. The zero-order valence-electron chi connectivity index (χ0n) is 9.64. The van der Waals surface area contributed by atoms with Gasteiger partial charge in [0.2, 0.25) is 5.91 Å². The Balaban J connectivity index is 2.18. The van der Waals surface area contributed by atoms with E-state index in [1.54, 1.807) is 4.90 Å². The summed E-state index contributed by atoms with van der Waals surface area (Å²) in [7, 11) is 0. The van der Waals surface area contributed by atoms with Crippen molar-refractivity contribution in [2.24, 2.45) is 11.7 Å². The van der Waals surface area contributed by atoms with Gasteiger partial charge in [-0.3, -0.25) is 4.79 Å². The van der Waals surface area contributed by atoms with Crippen LogP contribution in [0.1, 0.15) is 6.42 Å². The molecule has 18 heavy (non-hydrogen) atoms. The second-order valence-corrected chi connectivity index (χ2v) is 4.41. The van der Waals surface area contributed by atoms with Gasteiger partial charge in [0.05, 0.1) is 12.0 Å². The van der Waals surface area contributed by atoms with Gasteiger partial charge in [0.25, 0.3) is 0 Å². The monoisotopic (exact) mass is 256 g/mol. The van der Waals surface area contributed by atoms with Crippen molar-refractivity contribution in [2.45, 2.75) is 12.5 Å². The molecule has 1 amide bonds. The lowest BCUT2D eigenvalue weighted by Crippen LogP contribution is -2.48. The third-order valence-electron chi connectivity index (χ3n) is 3.21. The number of nitrogens with zero attached hydrogens (tertiary/aromatic N) is 1. The summed E-state index contributed by atoms with van der Waals surface area (Å²) in [5.41, 5.74) is 5.67. The summed E-state index contributed by atoms with van der Waals surface area (Å²) in [5.74, 6) is -3.13. The number of amides is 1. The van der Waals surface area contributed by atoms with E-state index in [4.69, 9.17) is 5.73 Å². The van der Waals surface area contributed by atoms with Crippen LogP contribution in [-0.2, 0) is 4.79 Å². The zero-order valence-corrected chi connectivity index (χ0v) is 9.64. The fraction of sp³-hybridized carbons (Fsp3) is 0.417. The lowest BCUT2D eigenvalue weighted by Gasteiger charge is -2.36. The molecule has 1 aliphatic heterocycles. The van der Waals surface area contributed by atoms with Gasteiger partial charge in [-0.2, -0.15) is 0 Å². The average molecular weight is 256 g/mol. The van der Waals surface area contributed by atoms with E-state index in [1.165, 1.54) is 6.07 Å². The highest BCUT2D eigenvalue weighted by molar-refractivity contribution is 5.78. The minimum atomic E-state index is -0.936. The summed E-state index contributed by atoms with van der Waals surface area (Å²) in [6.07, 6.45) is -0.406. The molecule has 1 saturated heterocycles. The van der Waals surface area contributed by atoms with Crippen LogP contribution in [0.25, 0.3) is 0 Å². The summed E-state index contributed by atoms with van der Waals surface area (Å²) in [4.78, 5) is 12.9. The number of carbonyl (C=O) groups excluding carboxylic acids is 1. The number of nitrogens with two attached hydrogens (primary N) is 1. The normalized spacial score (nSPS) is 24.1. The fourth-order valence-corrected chi connectivity index (χ4v) is 2.14. The number of hydrogen-bond donors (Lipinski definition) is 2. The van der Waals surface area contributed by atoms with Gasteiger partial charge in [0.1, 0.15) is 0 Å². The van der Waals surface area contributed by atoms with E-state index in [0.717, 1.165) is 12.1 Å². The minimum absolute atomic E-state index is 0.210. The van der Waals surface area contributed by atoms with E-state index >= 15 is 0 Å². The highest BCUT2D eigenvalue weighted by atomic mass is 19.2. The van der Waals surface area contributed by atoms with E-state index in [0.29, 0.717) is 18.7 Å². The number of piperidine rings is 1. The predicted molar refractivity (Wildman–Crippen MR) is 61.9 cm³/mol. The molecule has 6 heteroatoms. The second-order valence-electron chi connectivity index (χ2n) is 4.41. The lowest BCUT2D eigenvalue weighted by molar-refractivity contribution is -0.125. The van der Waals surface area contributed by atoms with Gasteiger partial charge in [-0.1, -0.05) is 0 Å². The number of aliphatic hydroxyl groups is 1. The summed E-state index contributed by atoms with van der Waals surface area (Å²) >= 11 is 0. The summed E-state index contributed by atoms with van der Waals surface area (Å²) in [5, 5.41) is 9.64. The average Bonchev–Trinajstić information content (AvgIpc) is 2.33. The summed E-state index contributed by atoms with van der Waals surface area (Å²) in [6.45, 7) is 0.678. The Kier molecular flexibility index (Phi) is 3.47. The van der Waals surface area contributed by atoms with E-state index in [2.05, 4.69) is 0 Å². The molecule has 1 fully saturated rings. The van der Waals surface area contributed by atoms with Gasteiger partial charge in [-0.05, 0) is 18.6 Å². The highest BCUT2D eigenvalue weighted by Crippen LogP contribution is 2.24. The minimum Gasteiger partial charge on any atom is -0.392 e. The van der Waals surface area contributed by atoms with E-state index in [9.17, 15) is 18.7 Å². The molecule has 2 unspecified atom stereocenters. The van der Waals surface area contributed by atoms with Crippen LogP contribution in [0.15, 0.2) is 18.2 Å². The Morgan fingerprint density at radius 2 is 2.11 bits per heavy atom. The van der Waals surface area contributed by atoms with Crippen molar-refractivity contribution in [1.29, 1.82) is 0 Å². The number of hydrogen-bond acceptors (Lipinski definition) is 3. The van der Waals surface area contributed by atoms with Crippen molar-refractivity contribution in [3.05, 3.63) is 29.8 Å². The molecule has 0 aliphatic carbocycles. The predicted octanol–water partition coefficient (Wildman–Crippen LogP) is 0.637. The SMILES string of the molecule is NC(=O)C1CN(c2ccc(F)c(F)c2)CCC1O. The van der Waals surface area contributed by atoms with Crippen LogP contribution in [0.4, 0.5) is 14.5 Å². The van der Waals surface area contributed by atoms with Crippen LogP contribution in [0.2, 0.25) is 0 Å². The van der Waals surface area contributed by atoms with Gasteiger partial charge in [-0.25, -0.2) is 8.78 Å². The molecule has 1 aromatic carbocycles. The lowest BCUT2D eigenvalue weighted by atomic mass is 9.94. The van der Waals surface area contributed by atoms with Gasteiger partial charge in [0, 0.05) is 24.8 Å². The van der Waals surface area contributed by atoms with E-state index in [1.807, 2.05) is 0 Å². The molecule has 4 nitrogen and oxygen atoms in total. The molecule has 0 spiro atoms. The standard InChI is InChI=1S/C12H14F2N2O2/c13-9-2-1-7(5-10(9)14)16-4-3-11(17)8(6-16)12(15)18/h1-2,5,8,11,17H,3-4,6H2,(H2,15,18). The summed E-state index contributed by atoms with van der Waals surface area (Å²) in [6, 6.07) is 3.55. The van der Waals surface area contributed by atoms with Crippen molar-refractivity contribution in [3.8, 4) is 0 Å². The van der Waals surface area contributed by atoms with Crippen LogP contribution in [0.3, 0.4) is 0 Å². The third-order valence-corrected chi connectivity index (χ3v) is 3.21. The maximum atomic E-state index is 13.1. The topological polar surface area (TPSA) is 66.6 Å². The molecule has 2 atom stereocenters. The number of benzene rings is 1. The van der Waals surface area contributed by atoms with Gasteiger partial charge in [-0.15, -0.1) is 0 Å². The molecular weight excluding hydrogens is 242 g/mol. The quantitative estimate of drug-likeness (QED) is 0.816. The molecule has 3 N–H and O–H groups in total. The molecule has 0 bridgehead atoms. The largest absolute Gasteiger partial charge is 0.392 e. The van der Waals surface area contributed by atoms with Crippen molar-refractivity contribution in [3.63, 3.8) is 0 Å². The first-order valence-corrected chi connectivity index (χ1v) is 5.66. The Morgan fingerprint density at radius 1 is 1.39 bits per heavy atom. The Hall–Kier alpha value is -1.69. The molecule has 1 heterocycles. The first kappa shape index (κ1) is 12.8. The molecule has 0 saturated carbocycles. The molecule has 2 rings (SSSR count). The van der Waals surface area contributed by atoms with Crippen molar-refractivity contribution < 1.29 is 18.7 Å². The number of carbonyl (C=O) groups is 1. The van der Waals surface area contributed by atoms with Crippen LogP contribution in [0, 0.1) is 17.6 Å². The number of halogens is 2. The van der Waals surface area contributed by atoms with Crippen LogP contribution in [-0.4, -0.2) is 30.2 Å².